The molecule has 1 atom stereocenters. The van der Waals surface area contributed by atoms with Crippen LogP contribution in [0.3, 0.4) is 0 Å². The molecule has 6 nitrogen and oxygen atoms in total. The van der Waals surface area contributed by atoms with Gasteiger partial charge < -0.3 is 13.7 Å². The molecule has 4 rings (SSSR count). The number of ether oxygens (including phenoxy) is 1. The zero-order valence-electron chi connectivity index (χ0n) is 13.8. The molecular formula is C18H19N3O3. The molecule has 2 aromatic heterocycles. The molecule has 1 aromatic carbocycles. The summed E-state index contributed by atoms with van der Waals surface area (Å²) in [6.45, 7) is 4.44. The summed E-state index contributed by atoms with van der Waals surface area (Å²) in [6, 6.07) is 8.29. The summed E-state index contributed by atoms with van der Waals surface area (Å²) in [6.07, 6.45) is 2.04. The normalized spacial score (nSPS) is 17.0. The molecule has 24 heavy (non-hydrogen) atoms. The van der Waals surface area contributed by atoms with Gasteiger partial charge in [0.05, 0.1) is 12.3 Å². The number of nitrogens with zero attached hydrogens (tertiary/aromatic N) is 3. The third kappa shape index (κ3) is 2.85. The first kappa shape index (κ1) is 15.1. The zero-order valence-corrected chi connectivity index (χ0v) is 13.8. The molecule has 0 N–H and O–H groups in total. The Morgan fingerprint density at radius 1 is 1.08 bits per heavy atom. The quantitative estimate of drug-likeness (QED) is 0.733. The van der Waals surface area contributed by atoms with Crippen LogP contribution in [0.5, 0.6) is 0 Å². The van der Waals surface area contributed by atoms with Crippen molar-refractivity contribution in [3.63, 3.8) is 0 Å². The van der Waals surface area contributed by atoms with Crippen molar-refractivity contribution in [3.05, 3.63) is 64.2 Å². The maximum absolute atomic E-state index is 5.87. The van der Waals surface area contributed by atoms with Crippen LogP contribution in [0.2, 0.25) is 0 Å². The summed E-state index contributed by atoms with van der Waals surface area (Å²) in [7, 11) is 0. The van der Waals surface area contributed by atoms with E-state index in [1.807, 2.05) is 26.0 Å². The van der Waals surface area contributed by atoms with Gasteiger partial charge in [-0.2, -0.15) is 0 Å². The molecular weight excluding hydrogens is 306 g/mol. The van der Waals surface area contributed by atoms with Crippen molar-refractivity contribution in [2.75, 3.05) is 0 Å². The Morgan fingerprint density at radius 3 is 2.71 bits per heavy atom. The highest BCUT2D eigenvalue weighted by Gasteiger charge is 2.25. The number of aryl methyl sites for hydroxylation is 3. The number of fused-ring (bicyclic) bond motifs is 1. The molecule has 0 unspecified atom stereocenters. The van der Waals surface area contributed by atoms with Gasteiger partial charge in [0.25, 0.3) is 0 Å². The van der Waals surface area contributed by atoms with Gasteiger partial charge in [-0.1, -0.05) is 29.4 Å². The minimum Gasteiger partial charge on any atom is -0.422 e. The number of benzene rings is 1. The molecule has 124 valence electrons. The van der Waals surface area contributed by atoms with Gasteiger partial charge in [0.2, 0.25) is 11.8 Å². The van der Waals surface area contributed by atoms with Crippen molar-refractivity contribution >= 4 is 0 Å². The third-order valence-corrected chi connectivity index (χ3v) is 4.49. The Balaban J connectivity index is 1.44. The van der Waals surface area contributed by atoms with Crippen molar-refractivity contribution in [1.29, 1.82) is 0 Å². The van der Waals surface area contributed by atoms with Crippen LogP contribution in [0.15, 0.2) is 33.2 Å². The molecule has 1 aliphatic heterocycles. The number of hydrogen-bond donors (Lipinski definition) is 0. The highest BCUT2D eigenvalue weighted by molar-refractivity contribution is 5.29. The second kappa shape index (κ2) is 6.20. The van der Waals surface area contributed by atoms with E-state index in [0.717, 1.165) is 29.9 Å². The first-order valence-corrected chi connectivity index (χ1v) is 8.13. The standard InChI is InChI=1S/C18H19N3O3/c1-11-15(12(2)24-21-11)7-8-17-19-20-18(23-17)16-9-13-5-3-4-6-14(13)10-22-16/h3-6,16H,7-10H2,1-2H3/t16-/m0/s1. The molecule has 0 fully saturated rings. The Hall–Kier alpha value is -2.47. The molecule has 6 heteroatoms. The maximum Gasteiger partial charge on any atom is 0.245 e. The monoisotopic (exact) mass is 325 g/mol. The topological polar surface area (TPSA) is 74.2 Å². The van der Waals surface area contributed by atoms with Gasteiger partial charge in [-0.25, -0.2) is 0 Å². The third-order valence-electron chi connectivity index (χ3n) is 4.49. The van der Waals surface area contributed by atoms with Crippen molar-refractivity contribution in [2.24, 2.45) is 0 Å². The van der Waals surface area contributed by atoms with E-state index in [0.29, 0.717) is 24.8 Å². The van der Waals surface area contributed by atoms with Crippen molar-refractivity contribution < 1.29 is 13.7 Å². The van der Waals surface area contributed by atoms with Crippen LogP contribution in [0, 0.1) is 13.8 Å². The van der Waals surface area contributed by atoms with E-state index >= 15 is 0 Å². The second-order valence-electron chi connectivity index (χ2n) is 6.11. The molecule has 0 saturated carbocycles. The van der Waals surface area contributed by atoms with Crippen molar-refractivity contribution in [1.82, 2.24) is 15.4 Å². The van der Waals surface area contributed by atoms with Gasteiger partial charge in [-0.15, -0.1) is 10.2 Å². The average Bonchev–Trinajstić information content (AvgIpc) is 3.20. The zero-order chi connectivity index (χ0) is 16.5. The lowest BCUT2D eigenvalue weighted by Gasteiger charge is -2.22. The first-order chi connectivity index (χ1) is 11.7. The van der Waals surface area contributed by atoms with Crippen LogP contribution in [0.4, 0.5) is 0 Å². The molecule has 0 bridgehead atoms. The number of rotatable bonds is 4. The van der Waals surface area contributed by atoms with Gasteiger partial charge in [-0.05, 0) is 31.4 Å². The van der Waals surface area contributed by atoms with Crippen LogP contribution in [0.25, 0.3) is 0 Å². The van der Waals surface area contributed by atoms with E-state index in [9.17, 15) is 0 Å². The molecule has 0 spiro atoms. The Morgan fingerprint density at radius 2 is 1.92 bits per heavy atom. The minimum absolute atomic E-state index is 0.166. The molecule has 0 amide bonds. The lowest BCUT2D eigenvalue weighted by molar-refractivity contribution is 0.00959. The fourth-order valence-electron chi connectivity index (χ4n) is 3.09. The Labute approximate surface area is 139 Å². The minimum atomic E-state index is -0.166. The van der Waals surface area contributed by atoms with Crippen LogP contribution >= 0.6 is 0 Å². The molecule has 3 aromatic rings. The second-order valence-corrected chi connectivity index (χ2v) is 6.11. The lowest BCUT2D eigenvalue weighted by Crippen LogP contribution is -2.15. The van der Waals surface area contributed by atoms with E-state index in [1.54, 1.807) is 0 Å². The fraction of sp³-hybridized carbons (Fsp3) is 0.389. The SMILES string of the molecule is Cc1noc(C)c1CCc1nnc([C@@H]2Cc3ccccc3CO2)o1. The predicted molar refractivity (Wildman–Crippen MR) is 85.4 cm³/mol. The molecule has 0 radical (unpaired) electrons. The summed E-state index contributed by atoms with van der Waals surface area (Å²) in [5.74, 6) is 2.02. The molecule has 3 heterocycles. The fourth-order valence-corrected chi connectivity index (χ4v) is 3.09. The van der Waals surface area contributed by atoms with E-state index in [-0.39, 0.29) is 6.10 Å². The summed E-state index contributed by atoms with van der Waals surface area (Å²) in [5.41, 5.74) is 4.54. The van der Waals surface area contributed by atoms with E-state index < -0.39 is 0 Å². The average molecular weight is 325 g/mol. The van der Waals surface area contributed by atoms with Crippen LogP contribution < -0.4 is 0 Å². The van der Waals surface area contributed by atoms with Gasteiger partial charge in [0.15, 0.2) is 0 Å². The molecule has 0 aliphatic carbocycles. The van der Waals surface area contributed by atoms with Crippen LogP contribution in [-0.2, 0) is 30.6 Å². The lowest BCUT2D eigenvalue weighted by atomic mass is 9.99. The predicted octanol–water partition coefficient (Wildman–Crippen LogP) is 3.27. The van der Waals surface area contributed by atoms with Gasteiger partial charge in [0.1, 0.15) is 11.9 Å². The Bertz CT molecular complexity index is 833. The summed E-state index contributed by atoms with van der Waals surface area (Å²) in [4.78, 5) is 0. The smallest absolute Gasteiger partial charge is 0.245 e. The van der Waals surface area contributed by atoms with Gasteiger partial charge >= 0.3 is 0 Å². The Kier molecular flexibility index (Phi) is 3.90. The summed E-state index contributed by atoms with van der Waals surface area (Å²) < 4.78 is 16.9. The van der Waals surface area contributed by atoms with Gasteiger partial charge in [-0.3, -0.25) is 0 Å². The number of hydrogen-bond acceptors (Lipinski definition) is 6. The van der Waals surface area contributed by atoms with Gasteiger partial charge in [0, 0.05) is 18.4 Å². The van der Waals surface area contributed by atoms with E-state index in [2.05, 4.69) is 27.5 Å². The first-order valence-electron chi connectivity index (χ1n) is 8.13. The largest absolute Gasteiger partial charge is 0.422 e. The summed E-state index contributed by atoms with van der Waals surface area (Å²) >= 11 is 0. The van der Waals surface area contributed by atoms with Crippen molar-refractivity contribution in [2.45, 2.75) is 45.8 Å². The van der Waals surface area contributed by atoms with E-state index in [1.165, 1.54) is 11.1 Å². The summed E-state index contributed by atoms with van der Waals surface area (Å²) in [5, 5.41) is 12.3. The van der Waals surface area contributed by atoms with Crippen LogP contribution in [-0.4, -0.2) is 15.4 Å². The number of aromatic nitrogens is 3. The van der Waals surface area contributed by atoms with Crippen molar-refractivity contribution in [3.8, 4) is 0 Å². The highest BCUT2D eigenvalue weighted by Crippen LogP contribution is 2.29. The highest BCUT2D eigenvalue weighted by atomic mass is 16.5. The molecule has 0 saturated heterocycles. The maximum atomic E-state index is 5.87. The molecule has 1 aliphatic rings. The van der Waals surface area contributed by atoms with Crippen LogP contribution in [0.1, 0.15) is 46.0 Å². The van der Waals surface area contributed by atoms with E-state index in [4.69, 9.17) is 13.7 Å².